The number of halogens is 2. The van der Waals surface area contributed by atoms with E-state index in [1.807, 2.05) is 41.3 Å². The van der Waals surface area contributed by atoms with Gasteiger partial charge in [0.25, 0.3) is 0 Å². The molecule has 0 saturated carbocycles. The molecule has 1 atom stereocenters. The Hall–Kier alpha value is -4.48. The van der Waals surface area contributed by atoms with Crippen LogP contribution in [0.4, 0.5) is 8.78 Å². The maximum atomic E-state index is 14.8. The number of aliphatic hydroxyl groups is 1. The Bertz CT molecular complexity index is 1720. The van der Waals surface area contributed by atoms with Crippen LogP contribution in [-0.2, 0) is 30.7 Å². The van der Waals surface area contributed by atoms with Crippen LogP contribution in [-0.4, -0.2) is 52.7 Å². The van der Waals surface area contributed by atoms with Crippen molar-refractivity contribution in [1.82, 2.24) is 34.0 Å². The minimum atomic E-state index is -1.71. The van der Waals surface area contributed by atoms with Gasteiger partial charge in [-0.1, -0.05) is 63.2 Å². The SMILES string of the molecule is CN(Cc1ccc(-n2cnn(Cc3ccc(C(C)(C)C)cc3)c2=O)cc1)CC(O)(Cn1cncn1)c1ccc(F)cc1F. The zero-order chi connectivity index (χ0) is 30.8. The second kappa shape index (κ2) is 12.0. The third-order valence-electron chi connectivity index (χ3n) is 7.41. The molecule has 0 amide bonds. The van der Waals surface area contributed by atoms with Crippen molar-refractivity contribution >= 4 is 0 Å². The molecule has 0 fully saturated rings. The summed E-state index contributed by atoms with van der Waals surface area (Å²) in [5, 5.41) is 20.0. The molecule has 0 radical (unpaired) electrons. The number of nitrogens with zero attached hydrogens (tertiary/aromatic N) is 7. The van der Waals surface area contributed by atoms with Gasteiger partial charge >= 0.3 is 5.69 Å². The molecule has 0 bridgehead atoms. The topological polar surface area (TPSA) is 94.0 Å². The molecule has 2 aromatic heterocycles. The molecule has 9 nitrogen and oxygen atoms in total. The van der Waals surface area contributed by atoms with Gasteiger partial charge in [-0.25, -0.2) is 32.5 Å². The Morgan fingerprint density at radius 1 is 0.907 bits per heavy atom. The van der Waals surface area contributed by atoms with E-state index in [2.05, 4.69) is 48.1 Å². The van der Waals surface area contributed by atoms with Crippen molar-refractivity contribution in [1.29, 1.82) is 0 Å². The third kappa shape index (κ3) is 6.95. The Morgan fingerprint density at radius 2 is 1.60 bits per heavy atom. The van der Waals surface area contributed by atoms with E-state index in [0.717, 1.165) is 23.3 Å². The minimum Gasteiger partial charge on any atom is -0.382 e. The summed E-state index contributed by atoms with van der Waals surface area (Å²) in [5.41, 5.74) is 1.85. The lowest BCUT2D eigenvalue weighted by molar-refractivity contribution is -0.0175. The predicted octanol–water partition coefficient (Wildman–Crippen LogP) is 4.27. The Balaban J connectivity index is 1.28. The summed E-state index contributed by atoms with van der Waals surface area (Å²) in [6.45, 7) is 7.22. The Kier molecular flexibility index (Phi) is 8.38. The van der Waals surface area contributed by atoms with Gasteiger partial charge in [0.05, 0.1) is 18.8 Å². The van der Waals surface area contributed by atoms with Gasteiger partial charge in [0.1, 0.15) is 36.2 Å². The Morgan fingerprint density at radius 3 is 2.23 bits per heavy atom. The van der Waals surface area contributed by atoms with Crippen molar-refractivity contribution in [2.45, 2.75) is 51.4 Å². The van der Waals surface area contributed by atoms with Gasteiger partial charge in [0, 0.05) is 24.7 Å². The van der Waals surface area contributed by atoms with Crippen molar-refractivity contribution < 1.29 is 13.9 Å². The summed E-state index contributed by atoms with van der Waals surface area (Å²) in [6, 6.07) is 18.8. The molecule has 0 spiro atoms. The van der Waals surface area contributed by atoms with E-state index in [1.165, 1.54) is 44.5 Å². The number of aromatic nitrogens is 6. The summed E-state index contributed by atoms with van der Waals surface area (Å²) >= 11 is 0. The van der Waals surface area contributed by atoms with Crippen LogP contribution in [0.15, 0.2) is 90.5 Å². The van der Waals surface area contributed by atoms with E-state index in [4.69, 9.17) is 0 Å². The zero-order valence-corrected chi connectivity index (χ0v) is 24.7. The van der Waals surface area contributed by atoms with Crippen LogP contribution in [0.1, 0.15) is 43.0 Å². The summed E-state index contributed by atoms with van der Waals surface area (Å²) < 4.78 is 32.7. The molecule has 0 aliphatic rings. The Labute approximate surface area is 248 Å². The molecule has 0 aliphatic carbocycles. The van der Waals surface area contributed by atoms with Crippen LogP contribution in [0.3, 0.4) is 0 Å². The van der Waals surface area contributed by atoms with E-state index < -0.39 is 17.2 Å². The van der Waals surface area contributed by atoms with Gasteiger partial charge < -0.3 is 5.11 Å². The number of benzene rings is 3. The maximum absolute atomic E-state index is 14.8. The smallest absolute Gasteiger partial charge is 0.350 e. The fourth-order valence-electron chi connectivity index (χ4n) is 5.15. The molecule has 1 N–H and O–H groups in total. The average Bonchev–Trinajstić information content (AvgIpc) is 3.58. The summed E-state index contributed by atoms with van der Waals surface area (Å²) in [7, 11) is 1.80. The molecule has 3 aromatic carbocycles. The number of likely N-dealkylation sites (N-methyl/N-ethyl adjacent to an activating group) is 1. The molecule has 43 heavy (non-hydrogen) atoms. The molecule has 5 rings (SSSR count). The van der Waals surface area contributed by atoms with E-state index in [9.17, 15) is 18.7 Å². The highest BCUT2D eigenvalue weighted by atomic mass is 19.1. The fraction of sp³-hybridized carbons (Fsp3) is 0.312. The molecule has 0 saturated heterocycles. The number of hydrogen-bond acceptors (Lipinski definition) is 6. The van der Waals surface area contributed by atoms with E-state index in [-0.39, 0.29) is 29.8 Å². The first kappa shape index (κ1) is 30.0. The van der Waals surface area contributed by atoms with Crippen LogP contribution >= 0.6 is 0 Å². The van der Waals surface area contributed by atoms with Gasteiger partial charge in [0.15, 0.2) is 0 Å². The first-order valence-electron chi connectivity index (χ1n) is 13.9. The summed E-state index contributed by atoms with van der Waals surface area (Å²) in [5.74, 6) is -1.56. The van der Waals surface area contributed by atoms with Gasteiger partial charge in [0.2, 0.25) is 0 Å². The first-order valence-corrected chi connectivity index (χ1v) is 13.9. The van der Waals surface area contributed by atoms with Crippen molar-refractivity contribution in [2.75, 3.05) is 13.6 Å². The highest BCUT2D eigenvalue weighted by Gasteiger charge is 2.35. The lowest BCUT2D eigenvalue weighted by Crippen LogP contribution is -2.43. The van der Waals surface area contributed by atoms with E-state index in [1.54, 1.807) is 7.05 Å². The van der Waals surface area contributed by atoms with Gasteiger partial charge in [-0.2, -0.15) is 10.2 Å². The average molecular weight is 588 g/mol. The van der Waals surface area contributed by atoms with Crippen LogP contribution in [0.2, 0.25) is 0 Å². The zero-order valence-electron chi connectivity index (χ0n) is 24.7. The summed E-state index contributed by atoms with van der Waals surface area (Å²) in [4.78, 5) is 18.8. The molecule has 0 aliphatic heterocycles. The highest BCUT2D eigenvalue weighted by Crippen LogP contribution is 2.28. The molecule has 5 aromatic rings. The standard InChI is InChI=1S/C32H35F2N7O2/c1-31(2,3)25-9-5-24(6-10-25)17-41-30(42)40(22-37-41)27-12-7-23(8-13-27)16-38(4)18-32(43,19-39-21-35-20-36-39)28-14-11-26(33)15-29(28)34/h5-15,20-22,43H,16-19H2,1-4H3. The third-order valence-corrected chi connectivity index (χ3v) is 7.41. The summed E-state index contributed by atoms with van der Waals surface area (Å²) in [6.07, 6.45) is 4.26. The lowest BCUT2D eigenvalue weighted by Gasteiger charge is -2.33. The van der Waals surface area contributed by atoms with Crippen molar-refractivity contribution in [2.24, 2.45) is 0 Å². The van der Waals surface area contributed by atoms with Crippen LogP contribution < -0.4 is 5.69 Å². The fourth-order valence-corrected chi connectivity index (χ4v) is 5.15. The molecule has 1 unspecified atom stereocenters. The first-order chi connectivity index (χ1) is 20.4. The molecule has 11 heteroatoms. The molecule has 2 heterocycles. The maximum Gasteiger partial charge on any atom is 0.350 e. The quantitative estimate of drug-likeness (QED) is 0.262. The normalized spacial score (nSPS) is 13.4. The number of hydrogen-bond donors (Lipinski definition) is 1. The van der Waals surface area contributed by atoms with E-state index >= 15 is 0 Å². The molecule has 224 valence electrons. The number of rotatable bonds is 10. The van der Waals surface area contributed by atoms with E-state index in [0.29, 0.717) is 18.8 Å². The second-order valence-electron chi connectivity index (χ2n) is 12.0. The van der Waals surface area contributed by atoms with Gasteiger partial charge in [-0.3, -0.25) is 4.90 Å². The van der Waals surface area contributed by atoms with Gasteiger partial charge in [-0.15, -0.1) is 0 Å². The molecular weight excluding hydrogens is 552 g/mol. The van der Waals surface area contributed by atoms with Crippen LogP contribution in [0, 0.1) is 11.6 Å². The van der Waals surface area contributed by atoms with Gasteiger partial charge in [-0.05, 0) is 47.4 Å². The van der Waals surface area contributed by atoms with Crippen molar-refractivity contribution in [3.8, 4) is 5.69 Å². The molecular formula is C32H35F2N7O2. The second-order valence-corrected chi connectivity index (χ2v) is 12.0. The largest absolute Gasteiger partial charge is 0.382 e. The highest BCUT2D eigenvalue weighted by molar-refractivity contribution is 5.34. The minimum absolute atomic E-state index is 0.0279. The van der Waals surface area contributed by atoms with Crippen molar-refractivity contribution in [3.05, 3.63) is 130 Å². The van der Waals surface area contributed by atoms with Crippen LogP contribution in [0.5, 0.6) is 0 Å². The predicted molar refractivity (Wildman–Crippen MR) is 159 cm³/mol. The van der Waals surface area contributed by atoms with Crippen molar-refractivity contribution in [3.63, 3.8) is 0 Å². The monoisotopic (exact) mass is 587 g/mol. The van der Waals surface area contributed by atoms with Crippen LogP contribution in [0.25, 0.3) is 5.69 Å². The lowest BCUT2D eigenvalue weighted by atomic mass is 9.87.